The van der Waals surface area contributed by atoms with E-state index in [1.807, 2.05) is 23.1 Å². The molecular weight excluding hydrogens is 296 g/mol. The first-order chi connectivity index (χ1) is 11.3. The van der Waals surface area contributed by atoms with Crippen LogP contribution in [0.15, 0.2) is 47.2 Å². The summed E-state index contributed by atoms with van der Waals surface area (Å²) in [6.45, 7) is 1.09. The van der Waals surface area contributed by atoms with Crippen molar-refractivity contribution in [2.45, 2.75) is 31.1 Å². The molecule has 3 heterocycles. The Morgan fingerprint density at radius 1 is 1.26 bits per heavy atom. The largest absolute Gasteiger partial charge is 0.471 e. The maximum Gasteiger partial charge on any atom is 0.289 e. The van der Waals surface area contributed by atoms with Gasteiger partial charge in [-0.05, 0) is 31.0 Å². The van der Waals surface area contributed by atoms with E-state index in [0.717, 1.165) is 12.8 Å². The Bertz CT molecular complexity index is 658. The first-order valence-electron chi connectivity index (χ1n) is 7.87. The fourth-order valence-corrected chi connectivity index (χ4v) is 3.41. The van der Waals surface area contributed by atoms with Crippen LogP contribution in [0.3, 0.4) is 0 Å². The molecule has 23 heavy (non-hydrogen) atoms. The molecule has 0 spiro atoms. The van der Waals surface area contributed by atoms with Crippen LogP contribution >= 0.6 is 0 Å². The highest BCUT2D eigenvalue weighted by atomic mass is 16.5. The van der Waals surface area contributed by atoms with E-state index >= 15 is 0 Å². The molecule has 0 unspecified atom stereocenters. The highest BCUT2D eigenvalue weighted by Gasteiger charge is 2.46. The topological polar surface area (TPSA) is 64.8 Å². The maximum absolute atomic E-state index is 12.6. The summed E-state index contributed by atoms with van der Waals surface area (Å²) in [5.74, 6) is 0.891. The summed E-state index contributed by atoms with van der Waals surface area (Å²) >= 11 is 0. The first kappa shape index (κ1) is 14.3. The number of morpholine rings is 1. The highest BCUT2D eigenvalue weighted by Crippen LogP contribution is 2.33. The van der Waals surface area contributed by atoms with Crippen LogP contribution in [-0.2, 0) is 4.74 Å². The Labute approximate surface area is 134 Å². The molecule has 0 radical (unpaired) electrons. The van der Waals surface area contributed by atoms with Gasteiger partial charge in [-0.1, -0.05) is 6.07 Å². The number of furan rings is 1. The smallest absolute Gasteiger partial charge is 0.289 e. The molecule has 2 fully saturated rings. The second-order valence-electron chi connectivity index (χ2n) is 5.78. The van der Waals surface area contributed by atoms with Gasteiger partial charge in [-0.25, -0.2) is 4.98 Å². The van der Waals surface area contributed by atoms with Crippen LogP contribution in [0, 0.1) is 0 Å². The van der Waals surface area contributed by atoms with Crippen LogP contribution in [0.25, 0.3) is 0 Å². The van der Waals surface area contributed by atoms with E-state index in [-0.39, 0.29) is 24.2 Å². The molecule has 3 atom stereocenters. The van der Waals surface area contributed by atoms with Gasteiger partial charge in [-0.15, -0.1) is 0 Å². The molecule has 4 rings (SSSR count). The van der Waals surface area contributed by atoms with Crippen molar-refractivity contribution in [3.8, 4) is 5.88 Å². The van der Waals surface area contributed by atoms with Gasteiger partial charge in [0.2, 0.25) is 5.88 Å². The summed E-state index contributed by atoms with van der Waals surface area (Å²) in [6, 6.07) is 9.03. The van der Waals surface area contributed by atoms with Crippen molar-refractivity contribution in [1.29, 1.82) is 0 Å². The second kappa shape index (κ2) is 6.04. The number of ether oxygens (including phenoxy) is 2. The third-order valence-corrected chi connectivity index (χ3v) is 4.44. The van der Waals surface area contributed by atoms with Crippen molar-refractivity contribution in [3.05, 3.63) is 48.6 Å². The summed E-state index contributed by atoms with van der Waals surface area (Å²) in [4.78, 5) is 18.6. The Morgan fingerprint density at radius 3 is 3.00 bits per heavy atom. The number of nitrogens with zero attached hydrogens (tertiary/aromatic N) is 2. The molecule has 6 heteroatoms. The van der Waals surface area contributed by atoms with Crippen molar-refractivity contribution >= 4 is 5.91 Å². The number of amides is 1. The third-order valence-electron chi connectivity index (χ3n) is 4.44. The number of rotatable bonds is 3. The predicted molar refractivity (Wildman–Crippen MR) is 81.2 cm³/mol. The lowest BCUT2D eigenvalue weighted by atomic mass is 10.1. The number of hydrogen-bond donors (Lipinski definition) is 0. The van der Waals surface area contributed by atoms with E-state index in [1.165, 1.54) is 6.26 Å². The fraction of sp³-hybridized carbons (Fsp3) is 0.412. The van der Waals surface area contributed by atoms with E-state index in [1.54, 1.807) is 18.3 Å². The molecular formula is C17H18N2O4. The SMILES string of the molecule is O=C(c1ccco1)N1CCO[C@@H]2[C@@H](Oc3ccccn3)CC[C@H]21. The van der Waals surface area contributed by atoms with Gasteiger partial charge in [-0.2, -0.15) is 0 Å². The van der Waals surface area contributed by atoms with Crippen molar-refractivity contribution < 1.29 is 18.7 Å². The lowest BCUT2D eigenvalue weighted by Gasteiger charge is -2.38. The van der Waals surface area contributed by atoms with Crippen LogP contribution in [0.1, 0.15) is 23.4 Å². The van der Waals surface area contributed by atoms with Crippen LogP contribution < -0.4 is 4.74 Å². The lowest BCUT2D eigenvalue weighted by molar-refractivity contribution is -0.0798. The first-order valence-corrected chi connectivity index (χ1v) is 7.87. The zero-order valence-corrected chi connectivity index (χ0v) is 12.6. The van der Waals surface area contributed by atoms with Crippen LogP contribution in [0.2, 0.25) is 0 Å². The molecule has 1 saturated heterocycles. The van der Waals surface area contributed by atoms with E-state index < -0.39 is 0 Å². The molecule has 6 nitrogen and oxygen atoms in total. The Hall–Kier alpha value is -2.34. The summed E-state index contributed by atoms with van der Waals surface area (Å²) in [6.07, 6.45) is 4.72. The molecule has 2 aliphatic rings. The molecule has 1 amide bonds. The third kappa shape index (κ3) is 2.70. The number of pyridine rings is 1. The van der Waals surface area contributed by atoms with Crippen LogP contribution in [-0.4, -0.2) is 47.2 Å². The predicted octanol–water partition coefficient (Wildman–Crippen LogP) is 2.13. The van der Waals surface area contributed by atoms with Gasteiger partial charge < -0.3 is 18.8 Å². The zero-order chi connectivity index (χ0) is 15.6. The average Bonchev–Trinajstić information content (AvgIpc) is 3.25. The fourth-order valence-electron chi connectivity index (χ4n) is 3.41. The minimum Gasteiger partial charge on any atom is -0.471 e. The Morgan fingerprint density at radius 2 is 2.22 bits per heavy atom. The Kier molecular flexibility index (Phi) is 3.75. The quantitative estimate of drug-likeness (QED) is 0.868. The number of carbonyl (C=O) groups is 1. The van der Waals surface area contributed by atoms with Crippen molar-refractivity contribution in [2.75, 3.05) is 13.2 Å². The van der Waals surface area contributed by atoms with Gasteiger partial charge in [0.15, 0.2) is 5.76 Å². The molecule has 2 aromatic rings. The van der Waals surface area contributed by atoms with Crippen molar-refractivity contribution in [2.24, 2.45) is 0 Å². The van der Waals surface area contributed by atoms with Crippen molar-refractivity contribution in [3.63, 3.8) is 0 Å². The van der Waals surface area contributed by atoms with E-state index in [9.17, 15) is 4.79 Å². The lowest BCUT2D eigenvalue weighted by Crippen LogP contribution is -2.54. The minimum absolute atomic E-state index is 0.0232. The number of fused-ring (bicyclic) bond motifs is 1. The van der Waals surface area contributed by atoms with Crippen LogP contribution in [0.5, 0.6) is 5.88 Å². The van der Waals surface area contributed by atoms with Gasteiger partial charge in [0.25, 0.3) is 5.91 Å². The standard InChI is InChI=1S/C17H18N2O4/c20-17(14-4-3-10-21-14)19-9-11-22-16-12(19)6-7-13(16)23-15-5-1-2-8-18-15/h1-5,8,10,12-13,16H,6-7,9,11H2/t12-,13+,16+/m1/s1. The Balaban J connectivity index is 1.49. The number of carbonyl (C=O) groups excluding carboxylic acids is 1. The summed E-state index contributed by atoms with van der Waals surface area (Å²) in [5.41, 5.74) is 0. The summed E-state index contributed by atoms with van der Waals surface area (Å²) in [7, 11) is 0. The maximum atomic E-state index is 12.6. The highest BCUT2D eigenvalue weighted by molar-refractivity contribution is 5.91. The number of hydrogen-bond acceptors (Lipinski definition) is 5. The molecule has 1 saturated carbocycles. The monoisotopic (exact) mass is 314 g/mol. The molecule has 120 valence electrons. The van der Waals surface area contributed by atoms with E-state index in [2.05, 4.69) is 4.98 Å². The van der Waals surface area contributed by atoms with Gasteiger partial charge in [0.1, 0.15) is 12.2 Å². The normalized spacial score (nSPS) is 26.8. The molecule has 0 bridgehead atoms. The van der Waals surface area contributed by atoms with E-state index in [0.29, 0.717) is 24.8 Å². The van der Waals surface area contributed by atoms with E-state index in [4.69, 9.17) is 13.9 Å². The second-order valence-corrected chi connectivity index (χ2v) is 5.78. The zero-order valence-electron chi connectivity index (χ0n) is 12.6. The summed E-state index contributed by atoms with van der Waals surface area (Å²) in [5, 5.41) is 0. The van der Waals surface area contributed by atoms with Gasteiger partial charge >= 0.3 is 0 Å². The van der Waals surface area contributed by atoms with Gasteiger partial charge in [0, 0.05) is 18.8 Å². The van der Waals surface area contributed by atoms with Gasteiger partial charge in [0.05, 0.1) is 18.9 Å². The molecule has 2 aromatic heterocycles. The van der Waals surface area contributed by atoms with Crippen LogP contribution in [0.4, 0.5) is 0 Å². The molecule has 0 N–H and O–H groups in total. The average molecular weight is 314 g/mol. The minimum atomic E-state index is -0.121. The number of aromatic nitrogens is 1. The molecule has 1 aliphatic carbocycles. The summed E-state index contributed by atoms with van der Waals surface area (Å²) < 4.78 is 17.1. The molecule has 1 aliphatic heterocycles. The van der Waals surface area contributed by atoms with Gasteiger partial charge in [-0.3, -0.25) is 4.79 Å². The molecule has 0 aromatic carbocycles. The van der Waals surface area contributed by atoms with Crippen molar-refractivity contribution in [1.82, 2.24) is 9.88 Å².